The average molecular weight is 332 g/mol. The molecule has 1 heterocycles. The third-order valence-corrected chi connectivity index (χ3v) is 5.77. The molecule has 4 heteroatoms. The number of hydrogen-bond acceptors (Lipinski definition) is 4. The standard InChI is InChI=1S/C11H14OS2.C7H6O/c1-2-4-10(5-3-1)11-13-8-6-12-7-9-14-11;8-6-7-4-2-1-3-5-7/h1-5,11H,6-9H2;1-6H. The summed E-state index contributed by atoms with van der Waals surface area (Å²) in [5, 5.41) is 0. The van der Waals surface area contributed by atoms with Crippen LogP contribution in [-0.4, -0.2) is 31.0 Å². The Morgan fingerprint density at radius 2 is 1.41 bits per heavy atom. The first-order chi connectivity index (χ1) is 10.9. The molecule has 116 valence electrons. The Kier molecular flexibility index (Phi) is 8.17. The van der Waals surface area contributed by atoms with Crippen LogP contribution in [0.5, 0.6) is 0 Å². The van der Waals surface area contributed by atoms with Gasteiger partial charge in [-0.25, -0.2) is 0 Å². The summed E-state index contributed by atoms with van der Waals surface area (Å²) < 4.78 is 6.01. The van der Waals surface area contributed by atoms with Crippen molar-refractivity contribution in [3.05, 3.63) is 71.8 Å². The Balaban J connectivity index is 0.000000188. The van der Waals surface area contributed by atoms with E-state index in [4.69, 9.17) is 4.74 Å². The van der Waals surface area contributed by atoms with Gasteiger partial charge >= 0.3 is 0 Å². The van der Waals surface area contributed by atoms with Gasteiger partial charge in [0.1, 0.15) is 6.29 Å². The van der Waals surface area contributed by atoms with Gasteiger partial charge in [-0.05, 0) is 5.56 Å². The summed E-state index contributed by atoms with van der Waals surface area (Å²) in [4.78, 5) is 10.0. The fourth-order valence-electron chi connectivity index (χ4n) is 1.91. The maximum Gasteiger partial charge on any atom is 0.150 e. The molecule has 1 saturated heterocycles. The molecule has 0 amide bonds. The van der Waals surface area contributed by atoms with Gasteiger partial charge in [-0.1, -0.05) is 60.7 Å². The zero-order chi connectivity index (χ0) is 15.5. The van der Waals surface area contributed by atoms with E-state index < -0.39 is 0 Å². The predicted molar refractivity (Wildman–Crippen MR) is 96.7 cm³/mol. The van der Waals surface area contributed by atoms with Crippen molar-refractivity contribution in [3.8, 4) is 0 Å². The molecular formula is C18H20O2S2. The minimum Gasteiger partial charge on any atom is -0.380 e. The van der Waals surface area contributed by atoms with Gasteiger partial charge < -0.3 is 4.74 Å². The van der Waals surface area contributed by atoms with Crippen LogP contribution < -0.4 is 0 Å². The number of carbonyl (C=O) groups excluding carboxylic acids is 1. The first-order valence-electron chi connectivity index (χ1n) is 7.26. The van der Waals surface area contributed by atoms with E-state index in [-0.39, 0.29) is 0 Å². The highest BCUT2D eigenvalue weighted by Gasteiger charge is 2.13. The van der Waals surface area contributed by atoms with Crippen molar-refractivity contribution >= 4 is 29.8 Å². The van der Waals surface area contributed by atoms with E-state index in [1.165, 1.54) is 5.56 Å². The summed E-state index contributed by atoms with van der Waals surface area (Å²) in [6.07, 6.45) is 0.833. The molecule has 1 aliphatic rings. The van der Waals surface area contributed by atoms with Crippen LogP contribution in [0.25, 0.3) is 0 Å². The fraction of sp³-hybridized carbons (Fsp3) is 0.278. The van der Waals surface area contributed by atoms with Crippen LogP contribution in [0.15, 0.2) is 60.7 Å². The molecule has 0 aromatic heterocycles. The highest BCUT2D eigenvalue weighted by Crippen LogP contribution is 2.39. The SMILES string of the molecule is O=Cc1ccccc1.c1ccc(C2SCCOCCS2)cc1. The van der Waals surface area contributed by atoms with E-state index in [1.807, 2.05) is 41.7 Å². The zero-order valence-electron chi connectivity index (χ0n) is 12.4. The molecule has 2 nitrogen and oxygen atoms in total. The van der Waals surface area contributed by atoms with Crippen LogP contribution in [-0.2, 0) is 4.74 Å². The van der Waals surface area contributed by atoms with Crippen molar-refractivity contribution in [2.24, 2.45) is 0 Å². The lowest BCUT2D eigenvalue weighted by atomic mass is 10.2. The van der Waals surface area contributed by atoms with Crippen molar-refractivity contribution in [2.75, 3.05) is 24.7 Å². The average Bonchev–Trinajstić information content (AvgIpc) is 2.57. The number of ether oxygens (including phenoxy) is 1. The largest absolute Gasteiger partial charge is 0.380 e. The molecule has 2 aromatic rings. The monoisotopic (exact) mass is 332 g/mol. The fourth-order valence-corrected chi connectivity index (χ4v) is 4.43. The molecule has 0 saturated carbocycles. The quantitative estimate of drug-likeness (QED) is 0.746. The summed E-state index contributed by atoms with van der Waals surface area (Å²) in [6.45, 7) is 1.79. The summed E-state index contributed by atoms with van der Waals surface area (Å²) >= 11 is 3.98. The molecule has 0 unspecified atom stereocenters. The molecule has 0 N–H and O–H groups in total. The number of aldehydes is 1. The van der Waals surface area contributed by atoms with Crippen LogP contribution in [0.4, 0.5) is 0 Å². The molecule has 1 aliphatic heterocycles. The van der Waals surface area contributed by atoms with Crippen molar-refractivity contribution in [3.63, 3.8) is 0 Å². The number of thioether (sulfide) groups is 2. The number of benzene rings is 2. The van der Waals surface area contributed by atoms with E-state index in [2.05, 4.69) is 30.3 Å². The molecule has 22 heavy (non-hydrogen) atoms. The van der Waals surface area contributed by atoms with Crippen LogP contribution >= 0.6 is 23.5 Å². The second kappa shape index (κ2) is 10.5. The maximum atomic E-state index is 10.0. The molecule has 0 atom stereocenters. The normalized spacial score (nSPS) is 15.8. The van der Waals surface area contributed by atoms with Gasteiger partial charge in [0.15, 0.2) is 0 Å². The Labute approximate surface area is 140 Å². The van der Waals surface area contributed by atoms with Crippen molar-refractivity contribution in [2.45, 2.75) is 4.58 Å². The van der Waals surface area contributed by atoms with E-state index in [1.54, 1.807) is 12.1 Å². The minimum atomic E-state index is 0.597. The number of carbonyl (C=O) groups is 1. The van der Waals surface area contributed by atoms with Crippen LogP contribution in [0.3, 0.4) is 0 Å². The lowest BCUT2D eigenvalue weighted by Gasteiger charge is -2.19. The van der Waals surface area contributed by atoms with Gasteiger partial charge in [0, 0.05) is 17.1 Å². The summed E-state index contributed by atoms with van der Waals surface area (Å²) in [5.74, 6) is 2.21. The molecule has 0 aliphatic carbocycles. The Morgan fingerprint density at radius 1 is 0.864 bits per heavy atom. The predicted octanol–water partition coefficient (Wildman–Crippen LogP) is 4.68. The van der Waals surface area contributed by atoms with Gasteiger partial charge in [-0.3, -0.25) is 4.79 Å². The van der Waals surface area contributed by atoms with Gasteiger partial charge in [0.05, 0.1) is 17.8 Å². The minimum absolute atomic E-state index is 0.597. The van der Waals surface area contributed by atoms with Crippen LogP contribution in [0.2, 0.25) is 0 Å². The van der Waals surface area contributed by atoms with Gasteiger partial charge in [0.25, 0.3) is 0 Å². The van der Waals surface area contributed by atoms with E-state index in [0.29, 0.717) is 4.58 Å². The first kappa shape index (κ1) is 17.1. The zero-order valence-corrected chi connectivity index (χ0v) is 14.0. The molecule has 2 aromatic carbocycles. The molecule has 0 radical (unpaired) electrons. The lowest BCUT2D eigenvalue weighted by molar-refractivity contribution is 0.112. The first-order valence-corrected chi connectivity index (χ1v) is 9.36. The Bertz CT molecular complexity index is 523. The van der Waals surface area contributed by atoms with Crippen molar-refractivity contribution in [1.82, 2.24) is 0 Å². The maximum absolute atomic E-state index is 10.0. The smallest absolute Gasteiger partial charge is 0.150 e. The van der Waals surface area contributed by atoms with Gasteiger partial charge in [-0.15, -0.1) is 23.5 Å². The van der Waals surface area contributed by atoms with Crippen LogP contribution in [0.1, 0.15) is 20.5 Å². The summed E-state index contributed by atoms with van der Waals surface area (Å²) in [7, 11) is 0. The third-order valence-electron chi connectivity index (χ3n) is 3.00. The van der Waals surface area contributed by atoms with Gasteiger partial charge in [0.2, 0.25) is 0 Å². The second-order valence-electron chi connectivity index (χ2n) is 4.63. The number of rotatable bonds is 2. The van der Waals surface area contributed by atoms with E-state index >= 15 is 0 Å². The highest BCUT2D eigenvalue weighted by molar-refractivity contribution is 8.16. The van der Waals surface area contributed by atoms with Crippen molar-refractivity contribution < 1.29 is 9.53 Å². The number of hydrogen-bond donors (Lipinski definition) is 0. The Hall–Kier alpha value is -1.23. The third kappa shape index (κ3) is 6.26. The van der Waals surface area contributed by atoms with Crippen molar-refractivity contribution in [1.29, 1.82) is 0 Å². The van der Waals surface area contributed by atoms with Gasteiger partial charge in [-0.2, -0.15) is 0 Å². The summed E-state index contributed by atoms with van der Waals surface area (Å²) in [5.41, 5.74) is 2.16. The molecular weight excluding hydrogens is 312 g/mol. The Morgan fingerprint density at radius 3 is 1.91 bits per heavy atom. The van der Waals surface area contributed by atoms with E-state index in [0.717, 1.165) is 36.6 Å². The lowest BCUT2D eigenvalue weighted by Crippen LogP contribution is -2.07. The molecule has 0 bridgehead atoms. The summed E-state index contributed by atoms with van der Waals surface area (Å²) in [6, 6.07) is 19.8. The van der Waals surface area contributed by atoms with Crippen LogP contribution in [0, 0.1) is 0 Å². The molecule has 3 rings (SSSR count). The van der Waals surface area contributed by atoms with E-state index in [9.17, 15) is 4.79 Å². The highest BCUT2D eigenvalue weighted by atomic mass is 32.2. The molecule has 0 spiro atoms. The topological polar surface area (TPSA) is 26.3 Å². The molecule has 1 fully saturated rings. The second-order valence-corrected chi connectivity index (χ2v) is 7.35.